The molecule has 0 aromatic heterocycles. The summed E-state index contributed by atoms with van der Waals surface area (Å²) in [6.45, 7) is 6.75. The Kier molecular flexibility index (Phi) is 7.63. The van der Waals surface area contributed by atoms with E-state index in [0.717, 1.165) is 29.9 Å². The van der Waals surface area contributed by atoms with Crippen LogP contribution in [0.25, 0.3) is 0 Å². The van der Waals surface area contributed by atoms with Crippen molar-refractivity contribution in [3.05, 3.63) is 29.3 Å². The molecular weight excluding hydrogens is 252 g/mol. The van der Waals surface area contributed by atoms with Crippen molar-refractivity contribution in [2.24, 2.45) is 0 Å². The SMILES string of the molecule is CCCCCCOC(C)c1cccc(C(C)O)c1OC. The van der Waals surface area contributed by atoms with Crippen molar-refractivity contribution in [1.82, 2.24) is 0 Å². The first-order chi connectivity index (χ1) is 9.61. The quantitative estimate of drug-likeness (QED) is 0.681. The number of para-hydroxylation sites is 1. The lowest BCUT2D eigenvalue weighted by Crippen LogP contribution is -2.06. The van der Waals surface area contributed by atoms with Gasteiger partial charge in [0.2, 0.25) is 0 Å². The normalized spacial score (nSPS) is 14.1. The van der Waals surface area contributed by atoms with E-state index in [1.807, 2.05) is 25.1 Å². The maximum Gasteiger partial charge on any atom is 0.130 e. The van der Waals surface area contributed by atoms with E-state index in [1.54, 1.807) is 14.0 Å². The summed E-state index contributed by atoms with van der Waals surface area (Å²) in [6, 6.07) is 5.83. The predicted molar refractivity (Wildman–Crippen MR) is 82.1 cm³/mol. The lowest BCUT2D eigenvalue weighted by Gasteiger charge is -2.20. The number of unbranched alkanes of at least 4 members (excludes halogenated alkanes) is 3. The second kappa shape index (κ2) is 8.98. The highest BCUT2D eigenvalue weighted by atomic mass is 16.5. The second-order valence-electron chi connectivity index (χ2n) is 5.22. The van der Waals surface area contributed by atoms with Gasteiger partial charge in [0.1, 0.15) is 5.75 Å². The van der Waals surface area contributed by atoms with Crippen molar-refractivity contribution < 1.29 is 14.6 Å². The smallest absolute Gasteiger partial charge is 0.130 e. The van der Waals surface area contributed by atoms with Crippen LogP contribution in [0.3, 0.4) is 0 Å². The van der Waals surface area contributed by atoms with Gasteiger partial charge >= 0.3 is 0 Å². The summed E-state index contributed by atoms with van der Waals surface area (Å²) in [5, 5.41) is 9.79. The van der Waals surface area contributed by atoms with E-state index < -0.39 is 6.10 Å². The number of benzene rings is 1. The first-order valence-corrected chi connectivity index (χ1v) is 7.58. The second-order valence-corrected chi connectivity index (χ2v) is 5.22. The van der Waals surface area contributed by atoms with Crippen LogP contribution in [0.1, 0.15) is 69.8 Å². The average molecular weight is 280 g/mol. The van der Waals surface area contributed by atoms with Gasteiger partial charge in [0.25, 0.3) is 0 Å². The fourth-order valence-electron chi connectivity index (χ4n) is 2.34. The zero-order valence-corrected chi connectivity index (χ0v) is 13.2. The monoisotopic (exact) mass is 280 g/mol. The van der Waals surface area contributed by atoms with Gasteiger partial charge < -0.3 is 14.6 Å². The Balaban J connectivity index is 2.67. The van der Waals surface area contributed by atoms with E-state index in [4.69, 9.17) is 9.47 Å². The molecule has 0 aliphatic heterocycles. The number of ether oxygens (including phenoxy) is 2. The van der Waals surface area contributed by atoms with E-state index in [9.17, 15) is 5.11 Å². The molecule has 0 fully saturated rings. The minimum atomic E-state index is -0.540. The van der Waals surface area contributed by atoms with E-state index in [-0.39, 0.29) is 6.10 Å². The number of aliphatic hydroxyl groups is 1. The van der Waals surface area contributed by atoms with Crippen molar-refractivity contribution in [2.45, 2.75) is 58.7 Å². The van der Waals surface area contributed by atoms with Crippen molar-refractivity contribution in [2.75, 3.05) is 13.7 Å². The molecule has 3 nitrogen and oxygen atoms in total. The number of hydrogen-bond donors (Lipinski definition) is 1. The van der Waals surface area contributed by atoms with Crippen LogP contribution in [0.4, 0.5) is 0 Å². The maximum absolute atomic E-state index is 9.79. The highest BCUT2D eigenvalue weighted by Crippen LogP contribution is 2.34. The van der Waals surface area contributed by atoms with Crippen molar-refractivity contribution >= 4 is 0 Å². The van der Waals surface area contributed by atoms with Crippen molar-refractivity contribution in [1.29, 1.82) is 0 Å². The molecule has 0 saturated carbocycles. The topological polar surface area (TPSA) is 38.7 Å². The lowest BCUT2D eigenvalue weighted by molar-refractivity contribution is 0.0607. The minimum absolute atomic E-state index is 0.0229. The molecule has 0 aliphatic carbocycles. The standard InChI is InChI=1S/C17H28O3/c1-5-6-7-8-12-20-14(3)16-11-9-10-15(13(2)18)17(16)19-4/h9-11,13-14,18H,5-8,12H2,1-4H3. The van der Waals surface area contributed by atoms with Crippen LogP contribution < -0.4 is 4.74 Å². The summed E-state index contributed by atoms with van der Waals surface area (Å²) in [4.78, 5) is 0. The Morgan fingerprint density at radius 1 is 1.10 bits per heavy atom. The molecule has 3 heteroatoms. The summed E-state index contributed by atoms with van der Waals surface area (Å²) < 4.78 is 11.4. The van der Waals surface area contributed by atoms with Crippen LogP contribution >= 0.6 is 0 Å². The van der Waals surface area contributed by atoms with Crippen LogP contribution in [0, 0.1) is 0 Å². The number of methoxy groups -OCH3 is 1. The molecule has 0 amide bonds. The van der Waals surface area contributed by atoms with Crippen LogP contribution in [0.15, 0.2) is 18.2 Å². The predicted octanol–water partition coefficient (Wildman–Crippen LogP) is 4.41. The van der Waals surface area contributed by atoms with Crippen molar-refractivity contribution in [3.8, 4) is 5.75 Å². The Bertz CT molecular complexity index is 388. The number of rotatable bonds is 9. The molecule has 114 valence electrons. The van der Waals surface area contributed by atoms with E-state index >= 15 is 0 Å². The van der Waals surface area contributed by atoms with Crippen LogP contribution in [-0.2, 0) is 4.74 Å². The zero-order valence-electron chi connectivity index (χ0n) is 13.2. The molecule has 0 aliphatic rings. The summed E-state index contributed by atoms with van der Waals surface area (Å²) in [5.41, 5.74) is 1.81. The molecule has 1 aromatic rings. The first kappa shape index (κ1) is 17.0. The third-order valence-corrected chi connectivity index (χ3v) is 3.53. The fourth-order valence-corrected chi connectivity index (χ4v) is 2.34. The van der Waals surface area contributed by atoms with Gasteiger partial charge in [0.15, 0.2) is 0 Å². The first-order valence-electron chi connectivity index (χ1n) is 7.58. The molecule has 0 bridgehead atoms. The van der Waals surface area contributed by atoms with Gasteiger partial charge in [-0.05, 0) is 20.3 Å². The largest absolute Gasteiger partial charge is 0.496 e. The Morgan fingerprint density at radius 3 is 2.40 bits per heavy atom. The molecule has 20 heavy (non-hydrogen) atoms. The number of aliphatic hydroxyl groups excluding tert-OH is 1. The van der Waals surface area contributed by atoms with Gasteiger partial charge in [-0.15, -0.1) is 0 Å². The maximum atomic E-state index is 9.79. The Labute approximate surface area is 122 Å². The molecule has 1 rings (SSSR count). The Hall–Kier alpha value is -1.06. The molecule has 2 unspecified atom stereocenters. The molecular formula is C17H28O3. The van der Waals surface area contributed by atoms with Crippen LogP contribution in [-0.4, -0.2) is 18.8 Å². The third-order valence-electron chi connectivity index (χ3n) is 3.53. The average Bonchev–Trinajstić information content (AvgIpc) is 2.45. The van der Waals surface area contributed by atoms with Gasteiger partial charge in [-0.3, -0.25) is 0 Å². The molecule has 0 heterocycles. The summed E-state index contributed by atoms with van der Waals surface area (Å²) in [5.74, 6) is 0.739. The van der Waals surface area contributed by atoms with Gasteiger partial charge in [-0.2, -0.15) is 0 Å². The lowest BCUT2D eigenvalue weighted by atomic mass is 10.0. The molecule has 1 aromatic carbocycles. The van der Waals surface area contributed by atoms with Gasteiger partial charge in [0, 0.05) is 17.7 Å². The van der Waals surface area contributed by atoms with Crippen LogP contribution in [0.2, 0.25) is 0 Å². The van der Waals surface area contributed by atoms with Crippen molar-refractivity contribution in [3.63, 3.8) is 0 Å². The van der Waals surface area contributed by atoms with Crippen LogP contribution in [0.5, 0.6) is 5.75 Å². The highest BCUT2D eigenvalue weighted by Gasteiger charge is 2.17. The minimum Gasteiger partial charge on any atom is -0.496 e. The summed E-state index contributed by atoms with van der Waals surface area (Å²) in [6.07, 6.45) is 4.25. The molecule has 0 spiro atoms. The number of hydrogen-bond acceptors (Lipinski definition) is 3. The highest BCUT2D eigenvalue weighted by molar-refractivity contribution is 5.43. The van der Waals surface area contributed by atoms with Gasteiger partial charge in [-0.25, -0.2) is 0 Å². The van der Waals surface area contributed by atoms with E-state index in [1.165, 1.54) is 19.3 Å². The molecule has 0 radical (unpaired) electrons. The molecule has 1 N–H and O–H groups in total. The summed E-state index contributed by atoms with van der Waals surface area (Å²) >= 11 is 0. The van der Waals surface area contributed by atoms with Gasteiger partial charge in [-0.1, -0.05) is 44.4 Å². The molecule has 0 saturated heterocycles. The fraction of sp³-hybridized carbons (Fsp3) is 0.647. The summed E-state index contributed by atoms with van der Waals surface area (Å²) in [7, 11) is 1.64. The van der Waals surface area contributed by atoms with E-state index in [2.05, 4.69) is 6.92 Å². The molecule has 2 atom stereocenters. The zero-order chi connectivity index (χ0) is 15.0. The van der Waals surface area contributed by atoms with E-state index in [0.29, 0.717) is 0 Å². The van der Waals surface area contributed by atoms with Gasteiger partial charge in [0.05, 0.1) is 19.3 Å². The Morgan fingerprint density at radius 2 is 1.80 bits per heavy atom. The third kappa shape index (κ3) is 4.80.